The first-order valence-corrected chi connectivity index (χ1v) is 17.4. The molecular weight excluding hydrogens is 583 g/mol. The highest BCUT2D eigenvalue weighted by atomic mass is 32.1. The van der Waals surface area contributed by atoms with Gasteiger partial charge < -0.3 is 4.57 Å². The number of aryl methyl sites for hydroxylation is 3. The third-order valence-electron chi connectivity index (χ3n) is 6.94. The van der Waals surface area contributed by atoms with Crippen molar-refractivity contribution in [1.82, 2.24) is 24.5 Å². The quantitative estimate of drug-likeness (QED) is 0.192. The average molecular weight is 642 g/mol. The number of benzene rings is 1. The highest BCUT2D eigenvalue weighted by molar-refractivity contribution is 7.09. The van der Waals surface area contributed by atoms with Crippen LogP contribution < -0.4 is 0 Å². The Morgan fingerprint density at radius 1 is 0.565 bits per heavy atom. The lowest BCUT2D eigenvalue weighted by atomic mass is 10.0. The summed E-state index contributed by atoms with van der Waals surface area (Å²) < 4.78 is 2.16. The molecule has 5 aromatic rings. The topological polar surface area (TPSA) is 56.5 Å². The van der Waals surface area contributed by atoms with Crippen LogP contribution in [-0.4, -0.2) is 24.5 Å². The molecule has 4 heterocycles. The molecule has 0 amide bonds. The van der Waals surface area contributed by atoms with Crippen molar-refractivity contribution >= 4 is 11.3 Å². The first kappa shape index (κ1) is 40.4. The maximum atomic E-state index is 4.33. The van der Waals surface area contributed by atoms with E-state index in [2.05, 4.69) is 149 Å². The fraction of sp³-hybridized carbons (Fsp3) is 0.450. The van der Waals surface area contributed by atoms with Crippen LogP contribution in [0, 0.1) is 13.8 Å². The summed E-state index contributed by atoms with van der Waals surface area (Å²) in [6.45, 7) is 25.6. The van der Waals surface area contributed by atoms with Crippen LogP contribution in [0.4, 0.5) is 0 Å². The second-order valence-electron chi connectivity index (χ2n) is 12.9. The van der Waals surface area contributed by atoms with E-state index in [1.54, 1.807) is 17.5 Å². The second-order valence-corrected chi connectivity index (χ2v) is 13.9. The van der Waals surface area contributed by atoms with Gasteiger partial charge in [-0.05, 0) is 73.3 Å². The monoisotopic (exact) mass is 641 g/mol. The van der Waals surface area contributed by atoms with Crippen molar-refractivity contribution in [2.45, 2.75) is 113 Å². The van der Waals surface area contributed by atoms with Crippen LogP contribution in [0.5, 0.6) is 0 Å². The number of hydrogen-bond acceptors (Lipinski definition) is 5. The minimum Gasteiger partial charge on any atom is -0.354 e. The Bertz CT molecular complexity index is 1390. The zero-order valence-corrected chi connectivity index (χ0v) is 31.5. The zero-order chi connectivity index (χ0) is 34.6. The highest BCUT2D eigenvalue weighted by Gasteiger charge is 2.01. The summed E-state index contributed by atoms with van der Waals surface area (Å²) in [5.41, 5.74) is 7.23. The van der Waals surface area contributed by atoms with Gasteiger partial charge in [0, 0.05) is 48.6 Å². The number of aromatic nitrogens is 5. The van der Waals surface area contributed by atoms with Crippen molar-refractivity contribution in [3.63, 3.8) is 0 Å². The molecule has 5 nitrogen and oxygen atoms in total. The van der Waals surface area contributed by atoms with Crippen molar-refractivity contribution in [2.24, 2.45) is 7.05 Å². The lowest BCUT2D eigenvalue weighted by molar-refractivity contribution is 0.741. The van der Waals surface area contributed by atoms with Crippen LogP contribution in [0.25, 0.3) is 0 Å². The Morgan fingerprint density at radius 3 is 1.48 bits per heavy atom. The van der Waals surface area contributed by atoms with Gasteiger partial charge in [-0.3, -0.25) is 15.0 Å². The maximum absolute atomic E-state index is 4.33. The Kier molecular flexibility index (Phi) is 19.3. The Morgan fingerprint density at radius 2 is 1.17 bits per heavy atom. The molecule has 0 bridgehead atoms. The zero-order valence-electron chi connectivity index (χ0n) is 30.7. The van der Waals surface area contributed by atoms with E-state index >= 15 is 0 Å². The summed E-state index contributed by atoms with van der Waals surface area (Å²) in [7, 11) is 2.08. The first-order chi connectivity index (χ1) is 21.7. The van der Waals surface area contributed by atoms with Crippen molar-refractivity contribution in [3.8, 4) is 0 Å². The number of nitrogens with zero attached hydrogens (tertiary/aromatic N) is 5. The fourth-order valence-electron chi connectivity index (χ4n) is 3.98. The Hall–Kier alpha value is -3.64. The smallest absolute Gasteiger partial charge is 0.0897 e. The van der Waals surface area contributed by atoms with Gasteiger partial charge in [-0.25, -0.2) is 4.98 Å². The van der Waals surface area contributed by atoms with Crippen molar-refractivity contribution < 1.29 is 0 Å². The van der Waals surface area contributed by atoms with Crippen LogP contribution in [-0.2, 0) is 7.05 Å². The number of hydrogen-bond donors (Lipinski definition) is 0. The molecule has 0 N–H and O–H groups in total. The second kappa shape index (κ2) is 22.0. The number of rotatable bonds is 5. The summed E-state index contributed by atoms with van der Waals surface area (Å²) in [6.07, 6.45) is 7.54. The van der Waals surface area contributed by atoms with Gasteiger partial charge >= 0.3 is 0 Å². The van der Waals surface area contributed by atoms with Crippen LogP contribution in [0.1, 0.15) is 138 Å². The van der Waals surface area contributed by atoms with Gasteiger partial charge in [-0.1, -0.05) is 106 Å². The van der Waals surface area contributed by atoms with E-state index in [9.17, 15) is 0 Å². The SMILES string of the molecule is CC(C)c1ccccc1.CC(C)c1ccccn1.CC(C)c1cccn1C.Cc1cnc(C(C)C)cn1.Cc1nc(C(C)C)cs1. The molecule has 0 aliphatic heterocycles. The van der Waals surface area contributed by atoms with Crippen molar-refractivity contribution in [3.05, 3.63) is 130 Å². The molecule has 0 atom stereocenters. The third kappa shape index (κ3) is 16.6. The van der Waals surface area contributed by atoms with Gasteiger partial charge in [0.05, 0.1) is 22.1 Å². The molecule has 0 aliphatic rings. The van der Waals surface area contributed by atoms with E-state index in [1.165, 1.54) is 22.0 Å². The van der Waals surface area contributed by atoms with Crippen molar-refractivity contribution in [1.29, 1.82) is 0 Å². The molecule has 0 fully saturated rings. The van der Waals surface area contributed by atoms with Crippen LogP contribution >= 0.6 is 11.3 Å². The molecule has 46 heavy (non-hydrogen) atoms. The number of pyridine rings is 1. The number of thiazole rings is 1. The fourth-order valence-corrected chi connectivity index (χ4v) is 4.75. The van der Waals surface area contributed by atoms with E-state index in [0.29, 0.717) is 29.6 Å². The summed E-state index contributed by atoms with van der Waals surface area (Å²) in [5.74, 6) is 2.91. The molecule has 0 aliphatic carbocycles. The summed E-state index contributed by atoms with van der Waals surface area (Å²) >= 11 is 1.72. The largest absolute Gasteiger partial charge is 0.354 e. The van der Waals surface area contributed by atoms with Crippen LogP contribution in [0.15, 0.2) is 90.8 Å². The van der Waals surface area contributed by atoms with Gasteiger partial charge in [-0.2, -0.15) is 0 Å². The molecule has 0 saturated carbocycles. The normalized spacial score (nSPS) is 10.4. The Balaban J connectivity index is 0.000000288. The maximum Gasteiger partial charge on any atom is 0.0897 e. The van der Waals surface area contributed by atoms with Gasteiger partial charge in [0.2, 0.25) is 0 Å². The molecule has 0 radical (unpaired) electrons. The van der Waals surface area contributed by atoms with E-state index in [4.69, 9.17) is 0 Å². The first-order valence-electron chi connectivity index (χ1n) is 16.5. The highest BCUT2D eigenvalue weighted by Crippen LogP contribution is 2.16. The summed E-state index contributed by atoms with van der Waals surface area (Å²) in [5, 5.41) is 3.29. The van der Waals surface area contributed by atoms with E-state index in [0.717, 1.165) is 17.1 Å². The Labute approximate surface area is 284 Å². The van der Waals surface area contributed by atoms with Gasteiger partial charge in [-0.15, -0.1) is 11.3 Å². The molecule has 0 unspecified atom stereocenters. The lowest BCUT2D eigenvalue weighted by Gasteiger charge is -2.04. The molecule has 250 valence electrons. The van der Waals surface area contributed by atoms with Gasteiger partial charge in [0.1, 0.15) is 0 Å². The lowest BCUT2D eigenvalue weighted by Crippen LogP contribution is -1.95. The predicted molar refractivity (Wildman–Crippen MR) is 200 cm³/mol. The van der Waals surface area contributed by atoms with Crippen LogP contribution in [0.3, 0.4) is 0 Å². The van der Waals surface area contributed by atoms with E-state index in [-0.39, 0.29) is 0 Å². The minimum atomic E-state index is 0.480. The van der Waals surface area contributed by atoms with Crippen molar-refractivity contribution in [2.75, 3.05) is 0 Å². The average Bonchev–Trinajstić information content (AvgIpc) is 3.68. The predicted octanol–water partition coefficient (Wildman–Crippen LogP) is 11.6. The minimum absolute atomic E-state index is 0.480. The van der Waals surface area contributed by atoms with Gasteiger partial charge in [0.15, 0.2) is 0 Å². The third-order valence-corrected chi connectivity index (χ3v) is 7.73. The van der Waals surface area contributed by atoms with Gasteiger partial charge in [0.25, 0.3) is 0 Å². The molecule has 6 heteroatoms. The standard InChI is InChI=1S/C9H12.C8H12N2.C8H13N.C8H11N.C7H11NS/c1-8(2)9-6-4-3-5-7-9;1-6(2)8-5-9-7(3)4-10-8;1-7(2)8-5-4-6-9(8)3;1-7(2)8-5-3-4-6-9-8;1-5(2)7-4-9-6(3)8-7/h3-8H,1-2H3;4-6H,1-3H3;4-7H,1-3H3;3-7H,1-2H3;4-5H,1-3H3. The molecule has 4 aromatic heterocycles. The molecule has 5 rings (SSSR count). The molecular formula is C40H59N5S. The molecule has 0 spiro atoms. The summed E-state index contributed by atoms with van der Waals surface area (Å²) in [4.78, 5) is 16.9. The van der Waals surface area contributed by atoms with Crippen LogP contribution in [0.2, 0.25) is 0 Å². The van der Waals surface area contributed by atoms with E-state index in [1.807, 2.05) is 50.5 Å². The van der Waals surface area contributed by atoms with E-state index < -0.39 is 0 Å². The summed E-state index contributed by atoms with van der Waals surface area (Å²) in [6, 6.07) is 20.8. The molecule has 1 aromatic carbocycles. The molecule has 0 saturated heterocycles.